The van der Waals surface area contributed by atoms with Gasteiger partial charge in [0.05, 0.1) is 20.1 Å². The van der Waals surface area contributed by atoms with E-state index in [1.165, 1.54) is 24.4 Å². The molecule has 0 aliphatic carbocycles. The zero-order chi connectivity index (χ0) is 15.6. The fourth-order valence-electron chi connectivity index (χ4n) is 1.58. The summed E-state index contributed by atoms with van der Waals surface area (Å²) in [6.45, 7) is 1.75. The minimum Gasteiger partial charge on any atom is -0.449 e. The summed E-state index contributed by atoms with van der Waals surface area (Å²) in [4.78, 5) is 14.5. The average molecular weight is 416 g/mol. The molecule has 6 nitrogen and oxygen atoms in total. The molecule has 0 amide bonds. The number of hydrogen-bond donors (Lipinski definition) is 0. The van der Waals surface area contributed by atoms with Crippen molar-refractivity contribution >= 4 is 39.9 Å². The van der Waals surface area contributed by atoms with Crippen LogP contribution >= 0.6 is 34.2 Å². The van der Waals surface area contributed by atoms with Gasteiger partial charge in [0.25, 0.3) is 0 Å². The van der Waals surface area contributed by atoms with Crippen LogP contribution in [0.15, 0.2) is 24.4 Å². The third kappa shape index (κ3) is 3.40. The summed E-state index contributed by atoms with van der Waals surface area (Å²) in [7, 11) is 0. The summed E-state index contributed by atoms with van der Waals surface area (Å²) in [6.07, 6.45) is 1.51. The van der Waals surface area contributed by atoms with Gasteiger partial charge in [-0.1, -0.05) is 11.6 Å². The molecule has 0 aliphatic heterocycles. The van der Waals surface area contributed by atoms with Gasteiger partial charge in [-0.25, -0.2) is 4.98 Å². The first kappa shape index (κ1) is 15.5. The zero-order valence-corrected chi connectivity index (χ0v) is 13.5. The fourth-order valence-corrected chi connectivity index (χ4v) is 2.45. The summed E-state index contributed by atoms with van der Waals surface area (Å²) >= 11 is 7.69. The van der Waals surface area contributed by atoms with E-state index >= 15 is 0 Å². The van der Waals surface area contributed by atoms with E-state index < -0.39 is 4.92 Å². The Morgan fingerprint density at radius 2 is 2.19 bits per heavy atom. The van der Waals surface area contributed by atoms with Crippen LogP contribution in [0.4, 0.5) is 5.69 Å². The molecule has 106 valence electrons. The van der Waals surface area contributed by atoms with Gasteiger partial charge in [0.15, 0.2) is 0 Å². The number of aromatic nitrogens is 1. The Bertz CT molecular complexity index is 774. The molecule has 0 radical (unpaired) electrons. The second-order valence-electron chi connectivity index (χ2n) is 4.05. The van der Waals surface area contributed by atoms with Gasteiger partial charge in [0.1, 0.15) is 10.9 Å². The van der Waals surface area contributed by atoms with Crippen molar-refractivity contribution in [2.45, 2.75) is 6.92 Å². The van der Waals surface area contributed by atoms with Gasteiger partial charge in [0.2, 0.25) is 5.75 Å². The Balaban J connectivity index is 2.56. The lowest BCUT2D eigenvalue weighted by Gasteiger charge is -2.11. The van der Waals surface area contributed by atoms with E-state index in [-0.39, 0.29) is 22.2 Å². The first-order chi connectivity index (χ1) is 9.92. The third-order valence-electron chi connectivity index (χ3n) is 2.58. The standard InChI is InChI=1S/C13H7ClIN3O3/c1-7-6-17-12(14)4-11(7)21-13-9(15)2-8(5-16)3-10(13)18(19)20/h2-4,6H,1H3. The zero-order valence-electron chi connectivity index (χ0n) is 10.6. The molecular formula is C13H7ClIN3O3. The smallest absolute Gasteiger partial charge is 0.314 e. The number of nitriles is 1. The molecule has 0 saturated heterocycles. The summed E-state index contributed by atoms with van der Waals surface area (Å²) in [5.74, 6) is 0.450. The molecule has 2 rings (SSSR count). The molecule has 0 spiro atoms. The van der Waals surface area contributed by atoms with Gasteiger partial charge in [-0.15, -0.1) is 0 Å². The number of nitro groups is 1. The molecule has 0 N–H and O–H groups in total. The van der Waals surface area contributed by atoms with E-state index in [2.05, 4.69) is 4.98 Å². The number of hydrogen-bond acceptors (Lipinski definition) is 5. The van der Waals surface area contributed by atoms with Crippen LogP contribution in [0.2, 0.25) is 5.15 Å². The van der Waals surface area contributed by atoms with E-state index in [1.807, 2.05) is 28.7 Å². The van der Waals surface area contributed by atoms with Gasteiger partial charge in [-0.3, -0.25) is 10.1 Å². The van der Waals surface area contributed by atoms with Crippen LogP contribution < -0.4 is 4.74 Å². The predicted molar refractivity (Wildman–Crippen MR) is 84.6 cm³/mol. The molecule has 1 heterocycles. The van der Waals surface area contributed by atoms with Crippen molar-refractivity contribution in [3.8, 4) is 17.6 Å². The van der Waals surface area contributed by atoms with Crippen molar-refractivity contribution in [1.82, 2.24) is 4.98 Å². The largest absolute Gasteiger partial charge is 0.449 e. The molecule has 0 saturated carbocycles. The van der Waals surface area contributed by atoms with Gasteiger partial charge < -0.3 is 4.74 Å². The molecule has 0 aliphatic rings. The number of ether oxygens (including phenoxy) is 1. The maximum atomic E-state index is 11.2. The highest BCUT2D eigenvalue weighted by Gasteiger charge is 2.22. The normalized spacial score (nSPS) is 10.0. The van der Waals surface area contributed by atoms with Gasteiger partial charge in [0, 0.05) is 23.9 Å². The second kappa shape index (κ2) is 6.24. The minimum atomic E-state index is -0.587. The quantitative estimate of drug-likeness (QED) is 0.324. The minimum absolute atomic E-state index is 0.0740. The van der Waals surface area contributed by atoms with Crippen molar-refractivity contribution in [2.24, 2.45) is 0 Å². The van der Waals surface area contributed by atoms with E-state index in [0.29, 0.717) is 14.9 Å². The Labute approximate surface area is 138 Å². The highest BCUT2D eigenvalue weighted by atomic mass is 127. The predicted octanol–water partition coefficient (Wildman–Crippen LogP) is 4.22. The van der Waals surface area contributed by atoms with Gasteiger partial charge in [-0.05, 0) is 35.6 Å². The van der Waals surface area contributed by atoms with Crippen molar-refractivity contribution in [3.63, 3.8) is 0 Å². The first-order valence-electron chi connectivity index (χ1n) is 5.60. The van der Waals surface area contributed by atoms with Gasteiger partial charge >= 0.3 is 5.69 Å². The SMILES string of the molecule is Cc1cnc(Cl)cc1Oc1c(I)cc(C#N)cc1[N+](=O)[O-]. The topological polar surface area (TPSA) is 89.0 Å². The monoisotopic (exact) mass is 415 g/mol. The highest BCUT2D eigenvalue weighted by molar-refractivity contribution is 14.1. The summed E-state index contributed by atoms with van der Waals surface area (Å²) in [5.41, 5.74) is 0.613. The van der Waals surface area contributed by atoms with E-state index in [0.717, 1.165) is 0 Å². The lowest BCUT2D eigenvalue weighted by Crippen LogP contribution is -1.98. The molecular weight excluding hydrogens is 409 g/mol. The van der Waals surface area contributed by atoms with Crippen molar-refractivity contribution in [1.29, 1.82) is 5.26 Å². The van der Waals surface area contributed by atoms with Crippen LogP contribution in [0.25, 0.3) is 0 Å². The Morgan fingerprint density at radius 3 is 2.81 bits per heavy atom. The number of nitrogens with zero attached hydrogens (tertiary/aromatic N) is 3. The molecule has 0 fully saturated rings. The summed E-state index contributed by atoms with van der Waals surface area (Å²) in [5, 5.41) is 20.3. The number of halogens is 2. The molecule has 0 bridgehead atoms. The number of nitro benzene ring substituents is 1. The molecule has 8 heteroatoms. The molecule has 21 heavy (non-hydrogen) atoms. The molecule has 1 aromatic carbocycles. The van der Waals surface area contributed by atoms with E-state index in [4.69, 9.17) is 21.6 Å². The number of aryl methyl sites for hydroxylation is 1. The lowest BCUT2D eigenvalue weighted by atomic mass is 10.2. The van der Waals surface area contributed by atoms with Crippen LogP contribution in [-0.2, 0) is 0 Å². The molecule has 0 unspecified atom stereocenters. The summed E-state index contributed by atoms with van der Waals surface area (Å²) in [6, 6.07) is 6.05. The van der Waals surface area contributed by atoms with Crippen LogP contribution in [0.3, 0.4) is 0 Å². The first-order valence-corrected chi connectivity index (χ1v) is 7.06. The maximum Gasteiger partial charge on any atom is 0.314 e. The van der Waals surface area contributed by atoms with Crippen LogP contribution in [0.1, 0.15) is 11.1 Å². The number of rotatable bonds is 3. The molecule has 2 aromatic rings. The molecule has 0 atom stereocenters. The lowest BCUT2D eigenvalue weighted by molar-refractivity contribution is -0.385. The van der Waals surface area contributed by atoms with E-state index in [9.17, 15) is 10.1 Å². The van der Waals surface area contributed by atoms with Crippen LogP contribution in [0.5, 0.6) is 11.5 Å². The van der Waals surface area contributed by atoms with Gasteiger partial charge in [-0.2, -0.15) is 5.26 Å². The highest BCUT2D eigenvalue weighted by Crippen LogP contribution is 2.38. The van der Waals surface area contributed by atoms with Crippen LogP contribution in [0, 0.1) is 31.9 Å². The Hall–Kier alpha value is -1.92. The number of benzene rings is 1. The Kier molecular flexibility index (Phi) is 4.59. The van der Waals surface area contributed by atoms with Crippen LogP contribution in [-0.4, -0.2) is 9.91 Å². The van der Waals surface area contributed by atoms with Crippen molar-refractivity contribution in [3.05, 3.63) is 54.4 Å². The Morgan fingerprint density at radius 1 is 1.48 bits per heavy atom. The fraction of sp³-hybridized carbons (Fsp3) is 0.0769. The number of pyridine rings is 1. The maximum absolute atomic E-state index is 11.2. The average Bonchev–Trinajstić information content (AvgIpc) is 2.44. The molecule has 1 aromatic heterocycles. The summed E-state index contributed by atoms with van der Waals surface area (Å²) < 4.78 is 6.09. The second-order valence-corrected chi connectivity index (χ2v) is 5.60. The van der Waals surface area contributed by atoms with Crippen molar-refractivity contribution in [2.75, 3.05) is 0 Å². The third-order valence-corrected chi connectivity index (χ3v) is 3.59. The van der Waals surface area contributed by atoms with Crippen molar-refractivity contribution < 1.29 is 9.66 Å². The van der Waals surface area contributed by atoms with E-state index in [1.54, 1.807) is 6.92 Å².